The van der Waals surface area contributed by atoms with E-state index in [1.165, 1.54) is 0 Å². The first-order valence-electron chi connectivity index (χ1n) is 9.49. The van der Waals surface area contributed by atoms with Crippen molar-refractivity contribution in [1.29, 1.82) is 0 Å². The van der Waals surface area contributed by atoms with Crippen molar-refractivity contribution in [2.75, 3.05) is 27.4 Å². The van der Waals surface area contributed by atoms with E-state index in [-0.39, 0.29) is 18.4 Å². The third-order valence-corrected chi connectivity index (χ3v) is 4.71. The highest BCUT2D eigenvalue weighted by atomic mass is 16.5. The monoisotopic (exact) mass is 385 g/mol. The van der Waals surface area contributed by atoms with Crippen molar-refractivity contribution in [3.05, 3.63) is 53.6 Å². The summed E-state index contributed by atoms with van der Waals surface area (Å²) in [6.07, 6.45) is 2.53. The lowest BCUT2D eigenvalue weighted by Gasteiger charge is -2.15. The van der Waals surface area contributed by atoms with Gasteiger partial charge in [-0.05, 0) is 36.6 Å². The molecule has 0 radical (unpaired) electrons. The minimum absolute atomic E-state index is 0.0674. The molecule has 0 saturated carbocycles. The number of benzene rings is 2. The lowest BCUT2D eigenvalue weighted by Crippen LogP contribution is -2.24. The fraction of sp³-hybridized carbons (Fsp3) is 0.409. The molecule has 1 N–H and O–H groups in total. The molecule has 2 aromatic carbocycles. The Morgan fingerprint density at radius 2 is 1.93 bits per heavy atom. The Labute approximate surface area is 165 Å². The number of rotatable bonds is 9. The van der Waals surface area contributed by atoms with Gasteiger partial charge in [0.15, 0.2) is 11.5 Å². The molecule has 0 bridgehead atoms. The van der Waals surface area contributed by atoms with E-state index in [1.54, 1.807) is 14.2 Å². The minimum Gasteiger partial charge on any atom is -0.496 e. The summed E-state index contributed by atoms with van der Waals surface area (Å²) >= 11 is 0. The third kappa shape index (κ3) is 5.39. The third-order valence-electron chi connectivity index (χ3n) is 4.71. The van der Waals surface area contributed by atoms with Crippen LogP contribution in [0.5, 0.6) is 17.2 Å². The summed E-state index contributed by atoms with van der Waals surface area (Å²) < 4.78 is 22.2. The van der Waals surface area contributed by atoms with Crippen LogP contribution in [0.3, 0.4) is 0 Å². The molecule has 150 valence electrons. The summed E-state index contributed by atoms with van der Waals surface area (Å²) in [6.45, 7) is 1.74. The number of hydrogen-bond acceptors (Lipinski definition) is 5. The van der Waals surface area contributed by atoms with E-state index >= 15 is 0 Å². The molecule has 0 unspecified atom stereocenters. The van der Waals surface area contributed by atoms with Gasteiger partial charge in [-0.15, -0.1) is 0 Å². The van der Waals surface area contributed by atoms with Gasteiger partial charge in [-0.3, -0.25) is 4.79 Å². The number of methoxy groups -OCH3 is 2. The Bertz CT molecular complexity index is 786. The zero-order valence-corrected chi connectivity index (χ0v) is 16.4. The molecular weight excluding hydrogens is 358 g/mol. The fourth-order valence-corrected chi connectivity index (χ4v) is 3.18. The molecule has 28 heavy (non-hydrogen) atoms. The normalized spacial score (nSPS) is 15.9. The Hall–Kier alpha value is -2.73. The van der Waals surface area contributed by atoms with Crippen LogP contribution in [0.4, 0.5) is 0 Å². The van der Waals surface area contributed by atoms with E-state index in [1.807, 2.05) is 42.5 Å². The lowest BCUT2D eigenvalue weighted by molar-refractivity contribution is -0.120. The largest absolute Gasteiger partial charge is 0.496 e. The van der Waals surface area contributed by atoms with E-state index in [2.05, 4.69) is 5.32 Å². The lowest BCUT2D eigenvalue weighted by atomic mass is 10.1. The Kier molecular flexibility index (Phi) is 7.14. The molecule has 0 aromatic heterocycles. The zero-order chi connectivity index (χ0) is 19.8. The molecule has 1 aliphatic rings. The summed E-state index contributed by atoms with van der Waals surface area (Å²) in [4.78, 5) is 12.3. The van der Waals surface area contributed by atoms with Gasteiger partial charge in [-0.1, -0.05) is 24.3 Å². The second-order valence-corrected chi connectivity index (χ2v) is 6.70. The molecule has 1 saturated heterocycles. The molecule has 0 aliphatic carbocycles. The van der Waals surface area contributed by atoms with Crippen molar-refractivity contribution >= 4 is 5.91 Å². The van der Waals surface area contributed by atoms with Gasteiger partial charge in [-0.25, -0.2) is 0 Å². The van der Waals surface area contributed by atoms with Gasteiger partial charge >= 0.3 is 0 Å². The molecule has 1 aliphatic heterocycles. The van der Waals surface area contributed by atoms with Gasteiger partial charge in [0, 0.05) is 18.7 Å². The number of amides is 1. The van der Waals surface area contributed by atoms with E-state index in [0.717, 1.165) is 30.6 Å². The second kappa shape index (κ2) is 9.99. The van der Waals surface area contributed by atoms with Gasteiger partial charge in [0.25, 0.3) is 0 Å². The Morgan fingerprint density at radius 1 is 1.11 bits per heavy atom. The summed E-state index contributed by atoms with van der Waals surface area (Å²) in [7, 11) is 3.21. The van der Waals surface area contributed by atoms with Crippen LogP contribution < -0.4 is 19.5 Å². The first-order valence-corrected chi connectivity index (χ1v) is 9.49. The van der Waals surface area contributed by atoms with Crippen molar-refractivity contribution in [2.24, 2.45) is 0 Å². The molecule has 1 fully saturated rings. The molecule has 1 atom stereocenters. The fourth-order valence-electron chi connectivity index (χ4n) is 3.18. The predicted molar refractivity (Wildman–Crippen MR) is 106 cm³/mol. The Morgan fingerprint density at radius 3 is 2.68 bits per heavy atom. The number of carbonyl (C=O) groups is 1. The van der Waals surface area contributed by atoms with Gasteiger partial charge < -0.3 is 24.3 Å². The number of hydrogen-bond donors (Lipinski definition) is 1. The van der Waals surface area contributed by atoms with Crippen LogP contribution in [-0.4, -0.2) is 39.4 Å². The number of ether oxygens (including phenoxy) is 4. The highest BCUT2D eigenvalue weighted by Crippen LogP contribution is 2.29. The van der Waals surface area contributed by atoms with Crippen molar-refractivity contribution in [1.82, 2.24) is 5.32 Å². The summed E-state index contributed by atoms with van der Waals surface area (Å²) in [6, 6.07) is 13.2. The highest BCUT2D eigenvalue weighted by Gasteiger charge is 2.17. The predicted octanol–water partition coefficient (Wildman–Crippen LogP) is 3.12. The van der Waals surface area contributed by atoms with Gasteiger partial charge in [0.2, 0.25) is 5.91 Å². The molecule has 0 spiro atoms. The zero-order valence-electron chi connectivity index (χ0n) is 16.4. The average Bonchev–Trinajstić information content (AvgIpc) is 3.25. The van der Waals surface area contributed by atoms with Crippen LogP contribution in [0.1, 0.15) is 24.0 Å². The topological polar surface area (TPSA) is 66.0 Å². The van der Waals surface area contributed by atoms with Crippen LogP contribution >= 0.6 is 0 Å². The van der Waals surface area contributed by atoms with Crippen LogP contribution in [0.2, 0.25) is 0 Å². The van der Waals surface area contributed by atoms with E-state index in [9.17, 15) is 4.79 Å². The SMILES string of the molecule is COc1ccccc1CC(=O)NCc1ccc(OC[C@H]2CCCO2)c(OC)c1. The van der Waals surface area contributed by atoms with E-state index in [4.69, 9.17) is 18.9 Å². The maximum Gasteiger partial charge on any atom is 0.224 e. The minimum atomic E-state index is -0.0674. The smallest absolute Gasteiger partial charge is 0.224 e. The van der Waals surface area contributed by atoms with Crippen LogP contribution in [0.15, 0.2) is 42.5 Å². The quantitative estimate of drug-likeness (QED) is 0.718. The van der Waals surface area contributed by atoms with E-state index in [0.29, 0.717) is 30.4 Å². The van der Waals surface area contributed by atoms with Gasteiger partial charge in [-0.2, -0.15) is 0 Å². The number of nitrogens with one attached hydrogen (secondary N) is 1. The summed E-state index contributed by atoms with van der Waals surface area (Å²) in [5.41, 5.74) is 1.80. The molecule has 6 heteroatoms. The maximum atomic E-state index is 12.3. The van der Waals surface area contributed by atoms with Crippen LogP contribution in [0.25, 0.3) is 0 Å². The molecule has 1 amide bonds. The second-order valence-electron chi connectivity index (χ2n) is 6.70. The number of carbonyl (C=O) groups excluding carboxylic acids is 1. The van der Waals surface area contributed by atoms with E-state index < -0.39 is 0 Å². The van der Waals surface area contributed by atoms with Crippen molar-refractivity contribution in [3.8, 4) is 17.2 Å². The van der Waals surface area contributed by atoms with Crippen LogP contribution in [-0.2, 0) is 22.5 Å². The van der Waals surface area contributed by atoms with Gasteiger partial charge in [0.1, 0.15) is 12.4 Å². The average molecular weight is 385 g/mol. The van der Waals surface area contributed by atoms with Crippen molar-refractivity contribution in [2.45, 2.75) is 31.9 Å². The standard InChI is InChI=1S/C22H27NO5/c1-25-19-8-4-3-6-17(19)13-22(24)23-14-16-9-10-20(21(12-16)26-2)28-15-18-7-5-11-27-18/h3-4,6,8-10,12,18H,5,7,11,13-15H2,1-2H3,(H,23,24)/t18-/m1/s1. The molecule has 3 rings (SSSR count). The highest BCUT2D eigenvalue weighted by molar-refractivity contribution is 5.79. The first kappa shape index (κ1) is 20.0. The summed E-state index contributed by atoms with van der Waals surface area (Å²) in [5.74, 6) is 1.98. The summed E-state index contributed by atoms with van der Waals surface area (Å²) in [5, 5.41) is 2.94. The maximum absolute atomic E-state index is 12.3. The first-order chi connectivity index (χ1) is 13.7. The Balaban J connectivity index is 1.54. The number of para-hydroxylation sites is 1. The van der Waals surface area contributed by atoms with Gasteiger partial charge in [0.05, 0.1) is 26.7 Å². The molecule has 2 aromatic rings. The molecule has 1 heterocycles. The molecule has 6 nitrogen and oxygen atoms in total. The molecular formula is C22H27NO5. The van der Waals surface area contributed by atoms with Crippen molar-refractivity contribution in [3.63, 3.8) is 0 Å². The van der Waals surface area contributed by atoms with Crippen LogP contribution in [0, 0.1) is 0 Å². The van der Waals surface area contributed by atoms with Crippen molar-refractivity contribution < 1.29 is 23.7 Å².